The van der Waals surface area contributed by atoms with Crippen molar-refractivity contribution in [2.24, 2.45) is 0 Å². The van der Waals surface area contributed by atoms with E-state index in [0.29, 0.717) is 5.82 Å². The number of nitro groups is 1. The quantitative estimate of drug-likeness (QED) is 0.619. The fraction of sp³-hybridized carbons (Fsp3) is 0.308. The Bertz CT molecular complexity index is 636. The van der Waals surface area contributed by atoms with Gasteiger partial charge in [0, 0.05) is 25.1 Å². The average molecular weight is 289 g/mol. The maximum Gasteiger partial charge on any atom is 0.291 e. The molecule has 8 heteroatoms. The lowest BCUT2D eigenvalue weighted by Gasteiger charge is -2.02. The van der Waals surface area contributed by atoms with E-state index in [1.165, 1.54) is 12.1 Å². The molecule has 2 aromatic rings. The van der Waals surface area contributed by atoms with Crippen molar-refractivity contribution in [3.8, 4) is 0 Å². The number of benzene rings is 1. The van der Waals surface area contributed by atoms with Crippen molar-refractivity contribution in [3.05, 3.63) is 51.6 Å². The number of nitro benzene ring substituents is 1. The Labute approximate surface area is 120 Å². The van der Waals surface area contributed by atoms with Gasteiger partial charge in [0.2, 0.25) is 5.82 Å². The highest BCUT2D eigenvalue weighted by molar-refractivity contribution is 5.90. The van der Waals surface area contributed by atoms with E-state index in [4.69, 9.17) is 0 Å². The number of carbonyl (C=O) groups is 1. The molecule has 0 bridgehead atoms. The molecule has 0 atom stereocenters. The fourth-order valence-corrected chi connectivity index (χ4v) is 1.74. The van der Waals surface area contributed by atoms with Crippen LogP contribution in [0.4, 0.5) is 5.69 Å². The summed E-state index contributed by atoms with van der Waals surface area (Å²) in [7, 11) is 0. The van der Waals surface area contributed by atoms with Gasteiger partial charge in [0.05, 0.1) is 4.92 Å². The van der Waals surface area contributed by atoms with E-state index >= 15 is 0 Å². The monoisotopic (exact) mass is 289 g/mol. The molecule has 0 aliphatic heterocycles. The highest BCUT2D eigenvalue weighted by atomic mass is 16.6. The molecule has 1 heterocycles. The number of aryl methyl sites for hydroxylation is 1. The van der Waals surface area contributed by atoms with Crippen LogP contribution in [0.1, 0.15) is 35.4 Å². The summed E-state index contributed by atoms with van der Waals surface area (Å²) in [4.78, 5) is 26.0. The van der Waals surface area contributed by atoms with E-state index in [0.717, 1.165) is 18.4 Å². The summed E-state index contributed by atoms with van der Waals surface area (Å²) in [6.45, 7) is 2.27. The van der Waals surface area contributed by atoms with Gasteiger partial charge in [0.25, 0.3) is 11.6 Å². The molecule has 0 radical (unpaired) electrons. The first-order chi connectivity index (χ1) is 10.1. The Morgan fingerprint density at radius 3 is 2.71 bits per heavy atom. The number of amides is 1. The summed E-state index contributed by atoms with van der Waals surface area (Å²) < 4.78 is 0. The minimum atomic E-state index is -0.467. The van der Waals surface area contributed by atoms with E-state index in [1.807, 2.05) is 6.92 Å². The lowest BCUT2D eigenvalue weighted by atomic mass is 10.2. The van der Waals surface area contributed by atoms with Gasteiger partial charge in [0.15, 0.2) is 0 Å². The lowest BCUT2D eigenvalue weighted by Crippen LogP contribution is -2.24. The number of hydrogen-bond acceptors (Lipinski definition) is 5. The van der Waals surface area contributed by atoms with Crippen molar-refractivity contribution in [3.63, 3.8) is 0 Å². The topological polar surface area (TPSA) is 114 Å². The molecule has 1 aromatic carbocycles. The SMILES string of the molecule is CCCc1nc(C(=O)NCc2ccc([N+](=O)[O-])cc2)n[nH]1. The minimum absolute atomic E-state index is 0.0169. The van der Waals surface area contributed by atoms with Crippen molar-refractivity contribution in [2.45, 2.75) is 26.3 Å². The molecule has 0 fully saturated rings. The molecule has 21 heavy (non-hydrogen) atoms. The second-order valence-electron chi connectivity index (χ2n) is 4.46. The highest BCUT2D eigenvalue weighted by Gasteiger charge is 2.12. The lowest BCUT2D eigenvalue weighted by molar-refractivity contribution is -0.384. The highest BCUT2D eigenvalue weighted by Crippen LogP contribution is 2.11. The molecule has 0 aliphatic carbocycles. The molecule has 1 aromatic heterocycles. The van der Waals surface area contributed by atoms with Crippen LogP contribution in [-0.4, -0.2) is 26.0 Å². The van der Waals surface area contributed by atoms with Crippen LogP contribution in [0.3, 0.4) is 0 Å². The number of carbonyl (C=O) groups excluding carboxylic acids is 1. The number of aromatic nitrogens is 3. The molecule has 0 aliphatic rings. The summed E-state index contributed by atoms with van der Waals surface area (Å²) in [6.07, 6.45) is 1.65. The Morgan fingerprint density at radius 2 is 2.10 bits per heavy atom. The number of hydrogen-bond donors (Lipinski definition) is 2. The number of H-pyrrole nitrogens is 1. The first-order valence-corrected chi connectivity index (χ1v) is 6.53. The van der Waals surface area contributed by atoms with Crippen LogP contribution in [0, 0.1) is 10.1 Å². The number of rotatable bonds is 6. The van der Waals surface area contributed by atoms with E-state index in [9.17, 15) is 14.9 Å². The number of aromatic amines is 1. The van der Waals surface area contributed by atoms with Crippen LogP contribution in [0.15, 0.2) is 24.3 Å². The molecule has 0 unspecified atom stereocenters. The Hall–Kier alpha value is -2.77. The molecule has 2 N–H and O–H groups in total. The Morgan fingerprint density at radius 1 is 1.38 bits per heavy atom. The molecule has 0 spiro atoms. The van der Waals surface area contributed by atoms with Crippen molar-refractivity contribution < 1.29 is 9.72 Å². The molecular weight excluding hydrogens is 274 g/mol. The first-order valence-electron chi connectivity index (χ1n) is 6.53. The third kappa shape index (κ3) is 3.85. The summed E-state index contributed by atoms with van der Waals surface area (Å²) >= 11 is 0. The average Bonchev–Trinajstić information content (AvgIpc) is 2.94. The summed E-state index contributed by atoms with van der Waals surface area (Å²) in [5.74, 6) is 0.394. The summed E-state index contributed by atoms with van der Waals surface area (Å²) in [5.41, 5.74) is 0.779. The van der Waals surface area contributed by atoms with Crippen molar-refractivity contribution in [2.75, 3.05) is 0 Å². The van der Waals surface area contributed by atoms with Gasteiger partial charge in [0.1, 0.15) is 5.82 Å². The molecule has 0 saturated heterocycles. The van der Waals surface area contributed by atoms with E-state index in [2.05, 4.69) is 20.5 Å². The van der Waals surface area contributed by atoms with E-state index in [-0.39, 0.29) is 24.0 Å². The molecule has 8 nitrogen and oxygen atoms in total. The minimum Gasteiger partial charge on any atom is -0.345 e. The van der Waals surface area contributed by atoms with Crippen LogP contribution in [0.25, 0.3) is 0 Å². The zero-order chi connectivity index (χ0) is 15.2. The second-order valence-corrected chi connectivity index (χ2v) is 4.46. The molecule has 0 saturated carbocycles. The molecule has 1 amide bonds. The number of nitrogens with zero attached hydrogens (tertiary/aromatic N) is 3. The first kappa shape index (κ1) is 14.6. The smallest absolute Gasteiger partial charge is 0.291 e. The van der Waals surface area contributed by atoms with E-state index < -0.39 is 4.92 Å². The Kier molecular flexibility index (Phi) is 4.60. The third-order valence-electron chi connectivity index (χ3n) is 2.82. The van der Waals surface area contributed by atoms with Crippen molar-refractivity contribution in [1.82, 2.24) is 20.5 Å². The van der Waals surface area contributed by atoms with E-state index in [1.54, 1.807) is 12.1 Å². The van der Waals surface area contributed by atoms with Gasteiger partial charge in [-0.3, -0.25) is 20.0 Å². The molecular formula is C13H15N5O3. The van der Waals surface area contributed by atoms with Gasteiger partial charge in [-0.25, -0.2) is 4.98 Å². The van der Waals surface area contributed by atoms with Gasteiger partial charge in [-0.2, -0.15) is 0 Å². The zero-order valence-corrected chi connectivity index (χ0v) is 11.5. The van der Waals surface area contributed by atoms with Gasteiger partial charge >= 0.3 is 0 Å². The standard InChI is InChI=1S/C13H15N5O3/c1-2-3-11-15-12(17-16-11)13(19)14-8-9-4-6-10(7-5-9)18(20)21/h4-7H,2-3,8H2,1H3,(H,14,19)(H,15,16,17). The van der Waals surface area contributed by atoms with Crippen LogP contribution in [-0.2, 0) is 13.0 Å². The maximum absolute atomic E-state index is 11.8. The maximum atomic E-state index is 11.8. The second kappa shape index (κ2) is 6.60. The number of non-ortho nitro benzene ring substituents is 1. The number of nitrogens with one attached hydrogen (secondary N) is 2. The van der Waals surface area contributed by atoms with Gasteiger partial charge in [-0.15, -0.1) is 5.10 Å². The van der Waals surface area contributed by atoms with Gasteiger partial charge < -0.3 is 5.32 Å². The normalized spacial score (nSPS) is 10.3. The zero-order valence-electron chi connectivity index (χ0n) is 11.5. The van der Waals surface area contributed by atoms with Crippen molar-refractivity contribution in [1.29, 1.82) is 0 Å². The summed E-state index contributed by atoms with van der Waals surface area (Å²) in [6, 6.07) is 5.99. The fourth-order valence-electron chi connectivity index (χ4n) is 1.74. The van der Waals surface area contributed by atoms with Crippen LogP contribution in [0.2, 0.25) is 0 Å². The molecule has 110 valence electrons. The largest absolute Gasteiger partial charge is 0.345 e. The Balaban J connectivity index is 1.92. The van der Waals surface area contributed by atoms with Gasteiger partial charge in [-0.05, 0) is 12.0 Å². The third-order valence-corrected chi connectivity index (χ3v) is 2.82. The van der Waals surface area contributed by atoms with Crippen molar-refractivity contribution >= 4 is 11.6 Å². The van der Waals surface area contributed by atoms with Crippen LogP contribution < -0.4 is 5.32 Å². The predicted octanol–water partition coefficient (Wildman–Crippen LogP) is 1.60. The van der Waals surface area contributed by atoms with Gasteiger partial charge in [-0.1, -0.05) is 19.1 Å². The molecule has 2 rings (SSSR count). The van der Waals surface area contributed by atoms with Crippen LogP contribution >= 0.6 is 0 Å². The van der Waals surface area contributed by atoms with Crippen LogP contribution in [0.5, 0.6) is 0 Å². The summed E-state index contributed by atoms with van der Waals surface area (Å²) in [5, 5.41) is 19.8. The predicted molar refractivity (Wildman–Crippen MR) is 74.6 cm³/mol.